The Morgan fingerprint density at radius 2 is 1.83 bits per heavy atom. The fraction of sp³-hybridized carbons (Fsp3) is 0.533. The van der Waals surface area contributed by atoms with Gasteiger partial charge in [-0.15, -0.1) is 0 Å². The van der Waals surface area contributed by atoms with Crippen molar-refractivity contribution in [3.63, 3.8) is 0 Å². The van der Waals surface area contributed by atoms with E-state index in [2.05, 4.69) is 11.7 Å². The van der Waals surface area contributed by atoms with Crippen LogP contribution >= 0.6 is 0 Å². The summed E-state index contributed by atoms with van der Waals surface area (Å²) < 4.78 is 10.7. The molecular weight excluding hydrogens is 228 g/mol. The highest BCUT2D eigenvalue weighted by Gasteiger charge is 2.30. The van der Waals surface area contributed by atoms with Gasteiger partial charge in [-0.1, -0.05) is 12.1 Å². The molecule has 0 radical (unpaired) electrons. The van der Waals surface area contributed by atoms with Gasteiger partial charge >= 0.3 is 5.97 Å². The van der Waals surface area contributed by atoms with Crippen LogP contribution < -0.4 is 4.74 Å². The Balaban J connectivity index is 1.97. The number of benzene rings is 1. The number of hydrogen-bond donors (Lipinski definition) is 0. The zero-order chi connectivity index (χ0) is 13.0. The first-order chi connectivity index (χ1) is 8.61. The van der Waals surface area contributed by atoms with Gasteiger partial charge in [0.15, 0.2) is 0 Å². The minimum absolute atomic E-state index is 0.0101. The molecule has 18 heavy (non-hydrogen) atoms. The van der Waals surface area contributed by atoms with E-state index in [-0.39, 0.29) is 11.6 Å². The molecule has 3 heteroatoms. The van der Waals surface area contributed by atoms with Crippen molar-refractivity contribution in [2.75, 3.05) is 7.11 Å². The molecule has 0 N–H and O–H groups in total. The molecule has 0 heterocycles. The molecule has 98 valence electrons. The quantitative estimate of drug-likeness (QED) is 0.768. The van der Waals surface area contributed by atoms with Crippen LogP contribution in [0.25, 0.3) is 0 Å². The predicted molar refractivity (Wildman–Crippen MR) is 69.7 cm³/mol. The van der Waals surface area contributed by atoms with E-state index < -0.39 is 0 Å². The summed E-state index contributed by atoms with van der Waals surface area (Å²) in [6.45, 7) is 2.17. The van der Waals surface area contributed by atoms with Crippen molar-refractivity contribution < 1.29 is 14.3 Å². The highest BCUT2D eigenvalue weighted by molar-refractivity contribution is 5.72. The Labute approximate surface area is 108 Å². The van der Waals surface area contributed by atoms with E-state index in [1.54, 1.807) is 0 Å². The third-order valence-corrected chi connectivity index (χ3v) is 3.52. The van der Waals surface area contributed by atoms with Crippen LogP contribution in [0.3, 0.4) is 0 Å². The Bertz CT molecular complexity index is 402. The molecular formula is C15H20O3. The summed E-state index contributed by atoms with van der Waals surface area (Å²) in [6, 6.07) is 7.71. The first kappa shape index (κ1) is 12.9. The van der Waals surface area contributed by atoms with E-state index in [4.69, 9.17) is 4.74 Å². The second-order valence-electron chi connectivity index (χ2n) is 5.16. The minimum Gasteiger partial charge on any atom is -0.488 e. The van der Waals surface area contributed by atoms with E-state index in [1.165, 1.54) is 20.0 Å². The van der Waals surface area contributed by atoms with Gasteiger partial charge in [0.1, 0.15) is 11.4 Å². The van der Waals surface area contributed by atoms with Gasteiger partial charge in [0.25, 0.3) is 0 Å². The number of hydrogen-bond acceptors (Lipinski definition) is 3. The molecule has 0 amide bonds. The van der Waals surface area contributed by atoms with Crippen molar-refractivity contribution in [3.8, 4) is 5.75 Å². The van der Waals surface area contributed by atoms with E-state index in [9.17, 15) is 4.79 Å². The number of rotatable bonds is 4. The van der Waals surface area contributed by atoms with Gasteiger partial charge in [-0.25, -0.2) is 0 Å². The summed E-state index contributed by atoms with van der Waals surface area (Å²) in [6.07, 6.45) is 5.05. The molecule has 0 aliphatic heterocycles. The van der Waals surface area contributed by atoms with Crippen molar-refractivity contribution in [3.05, 3.63) is 29.8 Å². The second-order valence-corrected chi connectivity index (χ2v) is 5.16. The van der Waals surface area contributed by atoms with Crippen LogP contribution in [-0.4, -0.2) is 18.7 Å². The van der Waals surface area contributed by atoms with Crippen molar-refractivity contribution in [1.82, 2.24) is 0 Å². The summed E-state index contributed by atoms with van der Waals surface area (Å²) >= 11 is 0. The monoisotopic (exact) mass is 248 g/mol. The Kier molecular flexibility index (Phi) is 3.90. The topological polar surface area (TPSA) is 35.5 Å². The summed E-state index contributed by atoms with van der Waals surface area (Å²) in [5.41, 5.74) is 0.940. The van der Waals surface area contributed by atoms with E-state index in [0.717, 1.165) is 24.2 Å². The number of carbonyl (C=O) groups is 1. The summed E-state index contributed by atoms with van der Waals surface area (Å²) in [7, 11) is 1.40. The molecule has 1 saturated carbocycles. The van der Waals surface area contributed by atoms with Crippen molar-refractivity contribution in [2.45, 2.75) is 44.6 Å². The lowest BCUT2D eigenvalue weighted by Crippen LogP contribution is -2.27. The Hall–Kier alpha value is -1.51. The van der Waals surface area contributed by atoms with Gasteiger partial charge in [-0.3, -0.25) is 4.79 Å². The molecule has 3 nitrogen and oxygen atoms in total. The smallest absolute Gasteiger partial charge is 0.309 e. The van der Waals surface area contributed by atoms with E-state index in [1.807, 2.05) is 24.3 Å². The van der Waals surface area contributed by atoms with Gasteiger partial charge < -0.3 is 9.47 Å². The average molecular weight is 248 g/mol. The molecule has 2 rings (SSSR count). The van der Waals surface area contributed by atoms with Crippen LogP contribution in [0.4, 0.5) is 0 Å². The second kappa shape index (κ2) is 5.42. The van der Waals surface area contributed by atoms with Crippen LogP contribution in [0.15, 0.2) is 24.3 Å². The zero-order valence-corrected chi connectivity index (χ0v) is 11.1. The first-order valence-electron chi connectivity index (χ1n) is 6.46. The van der Waals surface area contributed by atoms with Crippen LogP contribution in [-0.2, 0) is 16.0 Å². The molecule has 0 aromatic heterocycles. The van der Waals surface area contributed by atoms with Gasteiger partial charge in [-0.05, 0) is 50.3 Å². The third-order valence-electron chi connectivity index (χ3n) is 3.52. The van der Waals surface area contributed by atoms with Gasteiger partial charge in [0, 0.05) is 0 Å². The molecule has 1 aliphatic carbocycles. The molecule has 1 aliphatic rings. The molecule has 1 aromatic carbocycles. The number of ether oxygens (including phenoxy) is 2. The minimum atomic E-state index is -0.216. The molecule has 0 bridgehead atoms. The predicted octanol–water partition coefficient (Wildman–Crippen LogP) is 3.11. The first-order valence-corrected chi connectivity index (χ1v) is 6.46. The molecule has 0 spiro atoms. The van der Waals surface area contributed by atoms with Gasteiger partial charge in [0.2, 0.25) is 0 Å². The summed E-state index contributed by atoms with van der Waals surface area (Å²) in [5.74, 6) is 0.666. The maximum atomic E-state index is 11.1. The molecule has 1 aromatic rings. The number of methoxy groups -OCH3 is 1. The number of esters is 1. The summed E-state index contributed by atoms with van der Waals surface area (Å²) in [5, 5.41) is 0. The van der Waals surface area contributed by atoms with E-state index >= 15 is 0 Å². The van der Waals surface area contributed by atoms with Crippen LogP contribution in [0.1, 0.15) is 38.2 Å². The lowest BCUT2D eigenvalue weighted by atomic mass is 10.1. The maximum absolute atomic E-state index is 11.1. The third kappa shape index (κ3) is 3.25. The molecule has 0 saturated heterocycles. The standard InChI is InChI=1S/C15H20O3/c1-15(9-3-4-10-15)18-13-7-5-12(6-8-13)11-14(16)17-2/h5-8H,3-4,9-11H2,1-2H3. The van der Waals surface area contributed by atoms with Crippen molar-refractivity contribution in [1.29, 1.82) is 0 Å². The highest BCUT2D eigenvalue weighted by atomic mass is 16.5. The van der Waals surface area contributed by atoms with Crippen LogP contribution in [0.2, 0.25) is 0 Å². The average Bonchev–Trinajstić information content (AvgIpc) is 2.78. The zero-order valence-electron chi connectivity index (χ0n) is 11.1. The van der Waals surface area contributed by atoms with Crippen molar-refractivity contribution >= 4 is 5.97 Å². The van der Waals surface area contributed by atoms with Gasteiger partial charge in [0.05, 0.1) is 13.5 Å². The molecule has 1 fully saturated rings. The fourth-order valence-corrected chi connectivity index (χ4v) is 2.42. The normalized spacial score (nSPS) is 17.4. The van der Waals surface area contributed by atoms with Crippen molar-refractivity contribution in [2.24, 2.45) is 0 Å². The molecule has 0 unspecified atom stereocenters. The Morgan fingerprint density at radius 3 is 2.39 bits per heavy atom. The maximum Gasteiger partial charge on any atom is 0.309 e. The summed E-state index contributed by atoms with van der Waals surface area (Å²) in [4.78, 5) is 11.1. The highest BCUT2D eigenvalue weighted by Crippen LogP contribution is 2.33. The lowest BCUT2D eigenvalue weighted by molar-refractivity contribution is -0.139. The number of carbonyl (C=O) groups excluding carboxylic acids is 1. The SMILES string of the molecule is COC(=O)Cc1ccc(OC2(C)CCCC2)cc1. The van der Waals surface area contributed by atoms with Crippen LogP contribution in [0, 0.1) is 0 Å². The fourth-order valence-electron chi connectivity index (χ4n) is 2.42. The van der Waals surface area contributed by atoms with E-state index in [0.29, 0.717) is 6.42 Å². The van der Waals surface area contributed by atoms with Gasteiger partial charge in [-0.2, -0.15) is 0 Å². The largest absolute Gasteiger partial charge is 0.488 e. The van der Waals surface area contributed by atoms with Crippen LogP contribution in [0.5, 0.6) is 5.75 Å². The lowest BCUT2D eigenvalue weighted by Gasteiger charge is -2.25. The molecule has 0 atom stereocenters. The Morgan fingerprint density at radius 1 is 1.22 bits per heavy atom.